The number of halogens is 1. The molecule has 1 aromatic carbocycles. The van der Waals surface area contributed by atoms with E-state index in [9.17, 15) is 0 Å². The molecule has 3 rings (SSSR count). The fraction of sp³-hybridized carbons (Fsp3) is 0.333. The predicted octanol–water partition coefficient (Wildman–Crippen LogP) is 3.77. The third-order valence-corrected chi connectivity index (χ3v) is 3.77. The molecule has 20 heavy (non-hydrogen) atoms. The molecule has 1 saturated heterocycles. The van der Waals surface area contributed by atoms with Gasteiger partial charge in [-0.1, -0.05) is 17.7 Å². The van der Waals surface area contributed by atoms with Gasteiger partial charge in [0.25, 0.3) is 0 Å². The zero-order chi connectivity index (χ0) is 13.9. The number of ether oxygens (including phenoxy) is 1. The molecule has 1 aliphatic heterocycles. The largest absolute Gasteiger partial charge is 0.357 e. The van der Waals surface area contributed by atoms with Gasteiger partial charge in [-0.3, -0.25) is 0 Å². The molecule has 1 aromatic heterocycles. The van der Waals surface area contributed by atoms with Crippen LogP contribution in [0.4, 0.5) is 0 Å². The van der Waals surface area contributed by atoms with Crippen molar-refractivity contribution >= 4 is 11.6 Å². The summed E-state index contributed by atoms with van der Waals surface area (Å²) in [6.45, 7) is 0.789. The summed E-state index contributed by atoms with van der Waals surface area (Å²) < 4.78 is 7.55. The first-order valence-electron chi connectivity index (χ1n) is 6.64. The summed E-state index contributed by atoms with van der Waals surface area (Å²) in [5, 5.41) is 13.8. The fourth-order valence-corrected chi connectivity index (χ4v) is 2.68. The average Bonchev–Trinajstić information content (AvgIpc) is 2.97. The van der Waals surface area contributed by atoms with Gasteiger partial charge in [-0.05, 0) is 31.4 Å². The minimum Gasteiger partial charge on any atom is -0.357 e. The molecule has 0 N–H and O–H groups in total. The minimum atomic E-state index is 0.0228. The van der Waals surface area contributed by atoms with Gasteiger partial charge < -0.3 is 4.74 Å². The lowest BCUT2D eigenvalue weighted by Crippen LogP contribution is -2.18. The van der Waals surface area contributed by atoms with Gasteiger partial charge in [-0.15, -0.1) is 0 Å². The van der Waals surface area contributed by atoms with Crippen molar-refractivity contribution in [2.24, 2.45) is 0 Å². The molecule has 0 saturated carbocycles. The second-order valence-corrected chi connectivity index (χ2v) is 5.24. The van der Waals surface area contributed by atoms with E-state index in [0.717, 1.165) is 37.0 Å². The maximum absolute atomic E-state index is 8.86. The lowest BCUT2D eigenvalue weighted by atomic mass is 10.1. The Hall–Kier alpha value is -1.83. The lowest BCUT2D eigenvalue weighted by Gasteiger charge is -2.22. The lowest BCUT2D eigenvalue weighted by molar-refractivity contribution is -0.0394. The molecule has 2 heterocycles. The van der Waals surface area contributed by atoms with E-state index in [0.29, 0.717) is 10.6 Å². The molecule has 1 aliphatic rings. The molecule has 4 nitrogen and oxygen atoms in total. The highest BCUT2D eigenvalue weighted by Gasteiger charge is 2.17. The Labute approximate surface area is 122 Å². The van der Waals surface area contributed by atoms with Crippen LogP contribution in [0.25, 0.3) is 11.1 Å². The number of benzene rings is 1. The molecule has 2 aromatic rings. The van der Waals surface area contributed by atoms with Crippen LogP contribution < -0.4 is 0 Å². The summed E-state index contributed by atoms with van der Waals surface area (Å²) in [6, 6.07) is 7.36. The molecule has 102 valence electrons. The number of nitriles is 1. The van der Waals surface area contributed by atoms with Gasteiger partial charge in [0.1, 0.15) is 6.23 Å². The molecule has 0 bridgehead atoms. The molecule has 0 spiro atoms. The van der Waals surface area contributed by atoms with Crippen LogP contribution in [0.5, 0.6) is 0 Å². The topological polar surface area (TPSA) is 50.8 Å². The van der Waals surface area contributed by atoms with Gasteiger partial charge in [0, 0.05) is 29.0 Å². The number of hydrogen-bond acceptors (Lipinski definition) is 3. The van der Waals surface area contributed by atoms with E-state index in [2.05, 4.69) is 11.2 Å². The molecular weight excluding hydrogens is 274 g/mol. The van der Waals surface area contributed by atoms with Crippen molar-refractivity contribution in [2.75, 3.05) is 6.61 Å². The van der Waals surface area contributed by atoms with Crippen LogP contribution in [0, 0.1) is 11.3 Å². The van der Waals surface area contributed by atoms with Crippen LogP contribution in [0.2, 0.25) is 5.02 Å². The highest BCUT2D eigenvalue weighted by molar-refractivity contribution is 6.33. The summed E-state index contributed by atoms with van der Waals surface area (Å²) >= 11 is 6.22. The van der Waals surface area contributed by atoms with E-state index in [1.54, 1.807) is 18.3 Å². The van der Waals surface area contributed by atoms with Gasteiger partial charge in [0.15, 0.2) is 0 Å². The molecule has 1 atom stereocenters. The maximum Gasteiger partial charge on any atom is 0.150 e. The first-order valence-corrected chi connectivity index (χ1v) is 7.01. The van der Waals surface area contributed by atoms with E-state index < -0.39 is 0 Å². The Morgan fingerprint density at radius 2 is 2.30 bits per heavy atom. The standard InChI is InChI=1S/C15H14ClN3O/c16-14-7-11(8-17)4-5-13(14)12-9-18-19(10-12)15-3-1-2-6-20-15/h4-5,7,9-10,15H,1-3,6H2. The summed E-state index contributed by atoms with van der Waals surface area (Å²) in [4.78, 5) is 0. The molecular formula is C15H14ClN3O. The quantitative estimate of drug-likeness (QED) is 0.845. The smallest absolute Gasteiger partial charge is 0.150 e. The molecule has 1 fully saturated rings. The van der Waals surface area contributed by atoms with Crippen molar-refractivity contribution in [3.8, 4) is 17.2 Å². The van der Waals surface area contributed by atoms with Crippen LogP contribution in [-0.4, -0.2) is 16.4 Å². The van der Waals surface area contributed by atoms with Gasteiger partial charge in [-0.2, -0.15) is 10.4 Å². The summed E-state index contributed by atoms with van der Waals surface area (Å²) in [7, 11) is 0. The Kier molecular flexibility index (Phi) is 3.72. The fourth-order valence-electron chi connectivity index (χ4n) is 2.39. The first kappa shape index (κ1) is 13.2. The van der Waals surface area contributed by atoms with Gasteiger partial charge >= 0.3 is 0 Å². The Morgan fingerprint density at radius 1 is 1.40 bits per heavy atom. The van der Waals surface area contributed by atoms with Crippen LogP contribution >= 0.6 is 11.6 Å². The highest BCUT2D eigenvalue weighted by Crippen LogP contribution is 2.30. The first-order chi connectivity index (χ1) is 9.78. The Bertz CT molecular complexity index is 653. The predicted molar refractivity (Wildman–Crippen MR) is 76.2 cm³/mol. The highest BCUT2D eigenvalue weighted by atomic mass is 35.5. The van der Waals surface area contributed by atoms with Crippen molar-refractivity contribution in [1.29, 1.82) is 5.26 Å². The van der Waals surface area contributed by atoms with Crippen LogP contribution in [0.1, 0.15) is 31.1 Å². The van der Waals surface area contributed by atoms with Gasteiger partial charge in [-0.25, -0.2) is 4.68 Å². The number of nitrogens with zero attached hydrogens (tertiary/aromatic N) is 3. The molecule has 0 aliphatic carbocycles. The molecule has 5 heteroatoms. The Balaban J connectivity index is 1.88. The van der Waals surface area contributed by atoms with Crippen molar-refractivity contribution in [3.05, 3.63) is 41.2 Å². The van der Waals surface area contributed by atoms with E-state index in [1.165, 1.54) is 0 Å². The monoisotopic (exact) mass is 287 g/mol. The Morgan fingerprint density at radius 3 is 3.00 bits per heavy atom. The number of hydrogen-bond donors (Lipinski definition) is 0. The average molecular weight is 288 g/mol. The van der Waals surface area contributed by atoms with Crippen molar-refractivity contribution < 1.29 is 4.74 Å². The summed E-state index contributed by atoms with van der Waals surface area (Å²) in [5.41, 5.74) is 2.38. The van der Waals surface area contributed by atoms with Crippen molar-refractivity contribution in [1.82, 2.24) is 9.78 Å². The van der Waals surface area contributed by atoms with Crippen molar-refractivity contribution in [3.63, 3.8) is 0 Å². The van der Waals surface area contributed by atoms with Crippen molar-refractivity contribution in [2.45, 2.75) is 25.5 Å². The normalized spacial score (nSPS) is 18.7. The van der Waals surface area contributed by atoms with Gasteiger partial charge in [0.05, 0.1) is 17.8 Å². The van der Waals surface area contributed by atoms with Gasteiger partial charge in [0.2, 0.25) is 0 Å². The third-order valence-electron chi connectivity index (χ3n) is 3.46. The van der Waals surface area contributed by atoms with Crippen LogP contribution in [-0.2, 0) is 4.74 Å². The molecule has 1 unspecified atom stereocenters. The SMILES string of the molecule is N#Cc1ccc(-c2cnn(C3CCCCO3)c2)c(Cl)c1. The second-order valence-electron chi connectivity index (χ2n) is 4.84. The van der Waals surface area contributed by atoms with E-state index in [1.807, 2.05) is 16.9 Å². The van der Waals surface area contributed by atoms with Crippen LogP contribution in [0.3, 0.4) is 0 Å². The maximum atomic E-state index is 8.86. The molecule has 0 amide bonds. The van der Waals surface area contributed by atoms with Crippen LogP contribution in [0.15, 0.2) is 30.6 Å². The number of aromatic nitrogens is 2. The minimum absolute atomic E-state index is 0.0228. The second kappa shape index (κ2) is 5.66. The van der Waals surface area contributed by atoms with E-state index in [4.69, 9.17) is 21.6 Å². The molecule has 0 radical (unpaired) electrons. The zero-order valence-corrected chi connectivity index (χ0v) is 11.7. The van der Waals surface area contributed by atoms with E-state index >= 15 is 0 Å². The third kappa shape index (κ3) is 2.55. The number of rotatable bonds is 2. The zero-order valence-electron chi connectivity index (χ0n) is 10.9. The summed E-state index contributed by atoms with van der Waals surface area (Å²) in [6.07, 6.45) is 7.02. The summed E-state index contributed by atoms with van der Waals surface area (Å²) in [5.74, 6) is 0. The van der Waals surface area contributed by atoms with E-state index in [-0.39, 0.29) is 6.23 Å².